The highest BCUT2D eigenvalue weighted by Gasteiger charge is 2.23. The van der Waals surface area contributed by atoms with Gasteiger partial charge in [0, 0.05) is 24.9 Å². The first-order valence-electron chi connectivity index (χ1n) is 5.56. The minimum Gasteiger partial charge on any atom is -0.332 e. The summed E-state index contributed by atoms with van der Waals surface area (Å²) in [6.07, 6.45) is 2.06. The van der Waals surface area contributed by atoms with Crippen LogP contribution in [0.2, 0.25) is 0 Å². The minimum atomic E-state index is -3.48. The molecule has 5 nitrogen and oxygen atoms in total. The molecule has 2 aromatic heterocycles. The van der Waals surface area contributed by atoms with E-state index in [1.165, 1.54) is 10.5 Å². The molecular weight excluding hydrogens is 270 g/mol. The Bertz CT molecular complexity index is 602. The number of hydrogen-bond donors (Lipinski definition) is 1. The van der Waals surface area contributed by atoms with Crippen LogP contribution in [0.15, 0.2) is 28.7 Å². The monoisotopic (exact) mass is 285 g/mol. The lowest BCUT2D eigenvalue weighted by Gasteiger charge is -2.14. The van der Waals surface area contributed by atoms with E-state index in [0.29, 0.717) is 18.8 Å². The summed E-state index contributed by atoms with van der Waals surface area (Å²) in [5.41, 5.74) is 0. The molecule has 1 N–H and O–H groups in total. The van der Waals surface area contributed by atoms with E-state index < -0.39 is 10.0 Å². The Morgan fingerprint density at radius 2 is 2.28 bits per heavy atom. The number of aromatic nitrogens is 2. The van der Waals surface area contributed by atoms with Crippen molar-refractivity contribution in [2.24, 2.45) is 0 Å². The molecule has 0 aliphatic rings. The van der Waals surface area contributed by atoms with Crippen molar-refractivity contribution in [2.75, 3.05) is 7.05 Å². The van der Waals surface area contributed by atoms with Gasteiger partial charge in [0.05, 0.1) is 6.20 Å². The van der Waals surface area contributed by atoms with Gasteiger partial charge in [-0.05, 0) is 11.4 Å². The lowest BCUT2D eigenvalue weighted by Crippen LogP contribution is -2.26. The molecule has 0 atom stereocenters. The highest BCUT2D eigenvalue weighted by atomic mass is 32.2. The maximum absolute atomic E-state index is 12.2. The first-order chi connectivity index (χ1) is 8.54. The van der Waals surface area contributed by atoms with E-state index in [1.807, 2.05) is 24.4 Å². The average molecular weight is 285 g/mol. The molecule has 0 fully saturated rings. The summed E-state index contributed by atoms with van der Waals surface area (Å²) in [5.74, 6) is 0.679. The van der Waals surface area contributed by atoms with Crippen LogP contribution >= 0.6 is 11.3 Å². The van der Waals surface area contributed by atoms with Gasteiger partial charge in [0.25, 0.3) is 10.0 Å². The Kier molecular flexibility index (Phi) is 3.84. The van der Waals surface area contributed by atoms with Crippen molar-refractivity contribution in [3.05, 3.63) is 34.4 Å². The number of thiophene rings is 1. The summed E-state index contributed by atoms with van der Waals surface area (Å²) < 4.78 is 25.8. The Hall–Kier alpha value is -1.18. The fourth-order valence-electron chi connectivity index (χ4n) is 1.53. The Morgan fingerprint density at radius 1 is 1.50 bits per heavy atom. The predicted molar refractivity (Wildman–Crippen MR) is 70.9 cm³/mol. The Morgan fingerprint density at radius 3 is 2.83 bits per heavy atom. The zero-order chi connectivity index (χ0) is 13.2. The number of imidazole rings is 1. The lowest BCUT2D eigenvalue weighted by atomic mass is 10.5. The molecule has 0 aliphatic carbocycles. The fourth-order valence-corrected chi connectivity index (χ4v) is 3.45. The average Bonchev–Trinajstić information content (AvgIpc) is 2.99. The molecule has 2 aromatic rings. The lowest BCUT2D eigenvalue weighted by molar-refractivity contribution is 0.467. The van der Waals surface area contributed by atoms with Crippen molar-refractivity contribution in [1.29, 1.82) is 0 Å². The number of rotatable bonds is 5. The molecule has 98 valence electrons. The molecule has 0 aliphatic heterocycles. The molecule has 0 amide bonds. The third-order valence-electron chi connectivity index (χ3n) is 2.59. The van der Waals surface area contributed by atoms with E-state index >= 15 is 0 Å². The van der Waals surface area contributed by atoms with E-state index in [2.05, 4.69) is 9.97 Å². The highest BCUT2D eigenvalue weighted by molar-refractivity contribution is 7.89. The number of nitrogens with zero attached hydrogens (tertiary/aromatic N) is 2. The third kappa shape index (κ3) is 2.63. The van der Waals surface area contributed by atoms with Crippen LogP contribution in [0, 0.1) is 0 Å². The van der Waals surface area contributed by atoms with E-state index in [4.69, 9.17) is 0 Å². The molecule has 0 saturated heterocycles. The normalized spacial score (nSPS) is 12.2. The molecule has 2 rings (SSSR count). The molecule has 0 saturated carbocycles. The number of nitrogens with one attached hydrogen (secondary N) is 1. The number of H-pyrrole nitrogens is 1. The van der Waals surface area contributed by atoms with Gasteiger partial charge in [-0.1, -0.05) is 13.0 Å². The van der Waals surface area contributed by atoms with Gasteiger partial charge in [0.15, 0.2) is 5.03 Å². The maximum atomic E-state index is 12.2. The summed E-state index contributed by atoms with van der Waals surface area (Å²) in [6, 6.07) is 3.83. The Labute approximate surface area is 111 Å². The maximum Gasteiger partial charge on any atom is 0.260 e. The van der Waals surface area contributed by atoms with E-state index in [9.17, 15) is 8.42 Å². The van der Waals surface area contributed by atoms with Crippen molar-refractivity contribution in [3.8, 4) is 0 Å². The van der Waals surface area contributed by atoms with Crippen LogP contribution in [0.1, 0.15) is 17.6 Å². The van der Waals surface area contributed by atoms with Crippen LogP contribution in [0.4, 0.5) is 0 Å². The van der Waals surface area contributed by atoms with Crippen molar-refractivity contribution in [1.82, 2.24) is 14.3 Å². The van der Waals surface area contributed by atoms with Gasteiger partial charge < -0.3 is 4.98 Å². The number of aromatic amines is 1. The summed E-state index contributed by atoms with van der Waals surface area (Å²) in [4.78, 5) is 7.86. The van der Waals surface area contributed by atoms with E-state index in [1.54, 1.807) is 18.4 Å². The van der Waals surface area contributed by atoms with Crippen molar-refractivity contribution in [2.45, 2.75) is 24.9 Å². The topological polar surface area (TPSA) is 66.1 Å². The van der Waals surface area contributed by atoms with Gasteiger partial charge >= 0.3 is 0 Å². The van der Waals surface area contributed by atoms with Gasteiger partial charge in [0.2, 0.25) is 0 Å². The molecule has 18 heavy (non-hydrogen) atoms. The largest absolute Gasteiger partial charge is 0.332 e. The summed E-state index contributed by atoms with van der Waals surface area (Å²) in [5, 5.41) is 2.08. The molecule has 0 aromatic carbocycles. The van der Waals surface area contributed by atoms with Crippen molar-refractivity contribution < 1.29 is 8.42 Å². The van der Waals surface area contributed by atoms with Crippen LogP contribution in [-0.4, -0.2) is 29.7 Å². The van der Waals surface area contributed by atoms with Crippen LogP contribution in [0.5, 0.6) is 0 Å². The van der Waals surface area contributed by atoms with Crippen molar-refractivity contribution >= 4 is 21.4 Å². The molecule has 0 unspecified atom stereocenters. The fraction of sp³-hybridized carbons (Fsp3) is 0.364. The van der Waals surface area contributed by atoms with Crippen molar-refractivity contribution in [3.63, 3.8) is 0 Å². The predicted octanol–water partition coefficient (Wildman–Crippen LogP) is 1.85. The molecule has 0 radical (unpaired) electrons. The van der Waals surface area contributed by atoms with Gasteiger partial charge in [-0.2, -0.15) is 4.31 Å². The van der Waals surface area contributed by atoms with Gasteiger partial charge in [0.1, 0.15) is 5.82 Å². The van der Waals surface area contributed by atoms with Gasteiger partial charge in [-0.15, -0.1) is 11.3 Å². The Balaban J connectivity index is 2.19. The van der Waals surface area contributed by atoms with Gasteiger partial charge in [-0.25, -0.2) is 13.4 Å². The number of hydrogen-bond acceptors (Lipinski definition) is 4. The second-order valence-corrected chi connectivity index (χ2v) is 6.93. The first kappa shape index (κ1) is 13.3. The molecular formula is C11H15N3O2S2. The second kappa shape index (κ2) is 5.21. The van der Waals surface area contributed by atoms with Gasteiger partial charge in [-0.3, -0.25) is 0 Å². The summed E-state index contributed by atoms with van der Waals surface area (Å²) in [6.45, 7) is 2.30. The summed E-state index contributed by atoms with van der Waals surface area (Å²) in [7, 11) is -1.91. The van der Waals surface area contributed by atoms with Crippen LogP contribution in [-0.2, 0) is 23.0 Å². The zero-order valence-corrected chi connectivity index (χ0v) is 11.9. The highest BCUT2D eigenvalue weighted by Crippen LogP contribution is 2.17. The molecule has 2 heterocycles. The quantitative estimate of drug-likeness (QED) is 0.911. The SMILES string of the molecule is CCc1ncc(S(=O)(=O)N(C)Cc2cccs2)[nH]1. The molecule has 7 heteroatoms. The van der Waals surface area contributed by atoms with E-state index in [0.717, 1.165) is 4.88 Å². The smallest absolute Gasteiger partial charge is 0.260 e. The minimum absolute atomic E-state index is 0.151. The second-order valence-electron chi connectivity index (χ2n) is 3.89. The van der Waals surface area contributed by atoms with Crippen LogP contribution < -0.4 is 0 Å². The zero-order valence-electron chi connectivity index (χ0n) is 10.3. The molecule has 0 spiro atoms. The number of aryl methyl sites for hydroxylation is 1. The summed E-state index contributed by atoms with van der Waals surface area (Å²) >= 11 is 1.54. The first-order valence-corrected chi connectivity index (χ1v) is 7.88. The standard InChI is InChI=1S/C11H15N3O2S2/c1-3-10-12-7-11(13-10)18(15,16)14(2)8-9-5-4-6-17-9/h4-7H,3,8H2,1-2H3,(H,12,13). The van der Waals surface area contributed by atoms with E-state index in [-0.39, 0.29) is 5.03 Å². The number of sulfonamides is 1. The molecule has 0 bridgehead atoms. The third-order valence-corrected chi connectivity index (χ3v) is 5.16. The van der Waals surface area contributed by atoms with Crippen LogP contribution in [0.3, 0.4) is 0 Å². The van der Waals surface area contributed by atoms with Crippen LogP contribution in [0.25, 0.3) is 0 Å².